The van der Waals surface area contributed by atoms with Crippen LogP contribution in [0.15, 0.2) is 23.3 Å². The third-order valence-corrected chi connectivity index (χ3v) is 12.9. The molecule has 13 heteroatoms. The second-order valence-corrected chi connectivity index (χ2v) is 17.2. The predicted molar refractivity (Wildman–Crippen MR) is 208 cm³/mol. The van der Waals surface area contributed by atoms with Gasteiger partial charge < -0.3 is 43.9 Å². The molecule has 2 bridgehead atoms. The predicted octanol–water partition coefficient (Wildman–Crippen LogP) is 4.47. The number of piperidine rings is 1. The van der Waals surface area contributed by atoms with Crippen molar-refractivity contribution in [1.29, 1.82) is 0 Å². The summed E-state index contributed by atoms with van der Waals surface area (Å²) < 4.78 is 29.7. The molecule has 318 valence electrons. The molecule has 3 aliphatic heterocycles. The maximum Gasteiger partial charge on any atom is 0.329 e. The first-order chi connectivity index (χ1) is 26.5. The molecule has 5 unspecified atom stereocenters. The van der Waals surface area contributed by atoms with Gasteiger partial charge in [0.1, 0.15) is 24.0 Å². The molecule has 0 aromatic rings. The third kappa shape index (κ3) is 10.7. The highest BCUT2D eigenvalue weighted by molar-refractivity contribution is 6.39. The number of carbonyl (C=O) groups is 4. The Kier molecular flexibility index (Phi) is 16.9. The first-order valence-corrected chi connectivity index (χ1v) is 20.8. The summed E-state index contributed by atoms with van der Waals surface area (Å²) >= 11 is 0. The van der Waals surface area contributed by atoms with Crippen LogP contribution in [0.1, 0.15) is 112 Å². The molecule has 3 fully saturated rings. The van der Waals surface area contributed by atoms with Crippen LogP contribution in [0.25, 0.3) is 0 Å². The van der Waals surface area contributed by atoms with Crippen molar-refractivity contribution in [2.45, 2.75) is 167 Å². The molecule has 13 nitrogen and oxygen atoms in total. The molecule has 4 aliphatic rings. The molecule has 1 saturated carbocycles. The number of cyclic esters (lactones) is 1. The van der Waals surface area contributed by atoms with Gasteiger partial charge in [0.05, 0.1) is 30.5 Å². The van der Waals surface area contributed by atoms with Gasteiger partial charge in [0, 0.05) is 52.0 Å². The fraction of sp³-hybridized carbons (Fsp3) is 0.814. The van der Waals surface area contributed by atoms with E-state index in [4.69, 9.17) is 23.7 Å². The van der Waals surface area contributed by atoms with Crippen molar-refractivity contribution >= 4 is 23.4 Å². The van der Waals surface area contributed by atoms with E-state index in [0.29, 0.717) is 56.9 Å². The molecule has 0 aromatic carbocycles. The Morgan fingerprint density at radius 3 is 2.21 bits per heavy atom. The van der Waals surface area contributed by atoms with E-state index < -0.39 is 83.9 Å². The van der Waals surface area contributed by atoms with Crippen molar-refractivity contribution in [2.24, 2.45) is 29.6 Å². The van der Waals surface area contributed by atoms with Crippen LogP contribution in [-0.2, 0) is 42.9 Å². The van der Waals surface area contributed by atoms with Gasteiger partial charge in [-0.15, -0.1) is 0 Å². The number of carbonyl (C=O) groups excluding carboxylic acids is 4. The molecule has 2 saturated heterocycles. The number of fused-ring (bicyclic) bond motifs is 3. The van der Waals surface area contributed by atoms with Crippen LogP contribution in [0.4, 0.5) is 0 Å². The highest BCUT2D eigenvalue weighted by Gasteiger charge is 2.56. The first kappa shape index (κ1) is 46.2. The SMILES string of the molecule is CC[C@@H]1/C=C(\C)C[C@H](C)C[C@H](OC)[C@H]2OC(O)(C(=O)C(=O)N3CCCCC3C(=O)O[C@H](/C(C)=C/[C@@H]3CC[C@@H](O)C(OC)C3)[C@H](C)[C@@H](O)CC1=O)C(C)CC2OC. The van der Waals surface area contributed by atoms with E-state index in [9.17, 15) is 34.5 Å². The number of aliphatic hydroxyl groups excluding tert-OH is 2. The monoisotopic (exact) mass is 791 g/mol. The Balaban J connectivity index is 1.76. The van der Waals surface area contributed by atoms with Gasteiger partial charge >= 0.3 is 5.97 Å². The Bertz CT molecular complexity index is 1430. The Labute approximate surface area is 333 Å². The first-order valence-electron chi connectivity index (χ1n) is 20.8. The van der Waals surface area contributed by atoms with Crippen LogP contribution < -0.4 is 0 Å². The van der Waals surface area contributed by atoms with Crippen LogP contribution in [0.5, 0.6) is 0 Å². The van der Waals surface area contributed by atoms with Gasteiger partial charge in [-0.25, -0.2) is 4.79 Å². The summed E-state index contributed by atoms with van der Waals surface area (Å²) in [5.74, 6) is -7.50. The van der Waals surface area contributed by atoms with Crippen molar-refractivity contribution in [2.75, 3.05) is 27.9 Å². The maximum absolute atomic E-state index is 14.3. The Morgan fingerprint density at radius 1 is 0.911 bits per heavy atom. The zero-order valence-corrected chi connectivity index (χ0v) is 35.1. The lowest BCUT2D eigenvalue weighted by atomic mass is 9.81. The summed E-state index contributed by atoms with van der Waals surface area (Å²) in [5, 5.41) is 34.1. The fourth-order valence-corrected chi connectivity index (χ4v) is 9.39. The van der Waals surface area contributed by atoms with E-state index in [1.165, 1.54) is 19.1 Å². The highest BCUT2D eigenvalue weighted by atomic mass is 16.7. The minimum atomic E-state index is -2.50. The van der Waals surface area contributed by atoms with Gasteiger partial charge in [-0.1, -0.05) is 45.4 Å². The second-order valence-electron chi connectivity index (χ2n) is 17.2. The van der Waals surface area contributed by atoms with Crippen LogP contribution in [-0.4, -0.2) is 126 Å². The molecule has 0 radical (unpaired) electrons. The van der Waals surface area contributed by atoms with Crippen LogP contribution >= 0.6 is 0 Å². The van der Waals surface area contributed by atoms with Crippen molar-refractivity contribution in [3.05, 3.63) is 23.3 Å². The smallest absolute Gasteiger partial charge is 0.329 e. The van der Waals surface area contributed by atoms with E-state index in [1.54, 1.807) is 21.0 Å². The lowest BCUT2D eigenvalue weighted by Gasteiger charge is -2.47. The van der Waals surface area contributed by atoms with Crippen LogP contribution in [0.3, 0.4) is 0 Å². The van der Waals surface area contributed by atoms with Crippen molar-refractivity contribution < 1.29 is 58.2 Å². The number of Topliss-reactive ketones (excluding diaryl/α,β-unsaturated/α-hetero) is 2. The normalized spacial score (nSPS) is 41.6. The van der Waals surface area contributed by atoms with Gasteiger partial charge in [0.2, 0.25) is 5.79 Å². The summed E-state index contributed by atoms with van der Waals surface area (Å²) in [5.41, 5.74) is 1.66. The zero-order chi connectivity index (χ0) is 41.5. The van der Waals surface area contributed by atoms with Crippen LogP contribution in [0, 0.1) is 29.6 Å². The molecule has 0 spiro atoms. The number of methoxy groups -OCH3 is 3. The minimum Gasteiger partial charge on any atom is -0.456 e. The fourth-order valence-electron chi connectivity index (χ4n) is 9.39. The summed E-state index contributed by atoms with van der Waals surface area (Å²) in [4.78, 5) is 57.6. The molecule has 3 N–H and O–H groups in total. The van der Waals surface area contributed by atoms with Gasteiger partial charge in [-0.05, 0) is 95.5 Å². The molecular formula is C43H69NO12. The average Bonchev–Trinajstić information content (AvgIpc) is 3.18. The van der Waals surface area contributed by atoms with Crippen LogP contribution in [0.2, 0.25) is 0 Å². The van der Waals surface area contributed by atoms with Crippen molar-refractivity contribution in [3.8, 4) is 0 Å². The van der Waals surface area contributed by atoms with E-state index in [2.05, 4.69) is 6.92 Å². The molecule has 14 atom stereocenters. The van der Waals surface area contributed by atoms with Gasteiger partial charge in [0.15, 0.2) is 0 Å². The molecular weight excluding hydrogens is 722 g/mol. The Hall–Kier alpha value is -2.52. The number of nitrogens with zero attached hydrogens (tertiary/aromatic N) is 1. The maximum atomic E-state index is 14.3. The van der Waals surface area contributed by atoms with E-state index in [0.717, 1.165) is 5.57 Å². The number of aliphatic hydroxyl groups is 3. The Morgan fingerprint density at radius 2 is 1.57 bits per heavy atom. The zero-order valence-electron chi connectivity index (χ0n) is 35.1. The van der Waals surface area contributed by atoms with Crippen molar-refractivity contribution in [1.82, 2.24) is 4.90 Å². The topological polar surface area (TPSA) is 178 Å². The van der Waals surface area contributed by atoms with Gasteiger partial charge in [-0.2, -0.15) is 0 Å². The largest absolute Gasteiger partial charge is 0.456 e. The number of ketones is 2. The van der Waals surface area contributed by atoms with Gasteiger partial charge in [-0.3, -0.25) is 14.4 Å². The molecule has 1 amide bonds. The number of hydrogen-bond acceptors (Lipinski definition) is 12. The number of amides is 1. The number of esters is 1. The molecule has 1 aliphatic carbocycles. The molecule has 4 rings (SSSR count). The molecule has 0 aromatic heterocycles. The average molecular weight is 792 g/mol. The number of ether oxygens (including phenoxy) is 5. The minimum absolute atomic E-state index is 0.000914. The summed E-state index contributed by atoms with van der Waals surface area (Å²) in [6, 6.07) is -1.13. The lowest BCUT2D eigenvalue weighted by molar-refractivity contribution is -0.302. The lowest BCUT2D eigenvalue weighted by Crippen LogP contribution is -2.64. The van der Waals surface area contributed by atoms with Crippen molar-refractivity contribution in [3.63, 3.8) is 0 Å². The molecule has 3 heterocycles. The number of hydrogen-bond donors (Lipinski definition) is 3. The summed E-state index contributed by atoms with van der Waals surface area (Å²) in [7, 11) is 4.63. The standard InChI is InChI=1S/C43H69NO12/c1-10-30-18-24(2)17-25(3)19-36(53-8)39-37(54-9)21-27(5)43(51,56-39)40(48)41(49)44-16-12-11-13-31(44)42(50)55-38(28(6)33(46)23-34(30)47)26(4)20-29-14-15-32(45)35(22-29)52-7/h18,20,25,27-33,35-39,45-46,51H,10-17,19,21-23H2,1-9H3/b24-18+,26-20+/t25-,27?,28+,29-,30+,31?,32+,33-,35?,36-,37?,38+,39+,43?/m0/s1. The van der Waals surface area contributed by atoms with Gasteiger partial charge in [0.25, 0.3) is 11.7 Å². The number of rotatable bonds is 6. The third-order valence-electron chi connectivity index (χ3n) is 12.9. The highest BCUT2D eigenvalue weighted by Crippen LogP contribution is 2.39. The van der Waals surface area contributed by atoms with E-state index >= 15 is 0 Å². The molecule has 56 heavy (non-hydrogen) atoms. The second kappa shape index (κ2) is 20.4. The summed E-state index contributed by atoms with van der Waals surface area (Å²) in [6.45, 7) is 11.3. The number of allylic oxidation sites excluding steroid dienone is 3. The van der Waals surface area contributed by atoms with E-state index in [-0.39, 0.29) is 49.5 Å². The van der Waals surface area contributed by atoms with E-state index in [1.807, 2.05) is 32.9 Å². The quantitative estimate of drug-likeness (QED) is 0.196. The summed E-state index contributed by atoms with van der Waals surface area (Å²) in [6.07, 6.45) is 3.72.